The molecule has 2 aromatic rings. The Morgan fingerprint density at radius 2 is 1.77 bits per heavy atom. The molecule has 2 aromatic carbocycles. The van der Waals surface area contributed by atoms with E-state index in [0.29, 0.717) is 12.3 Å². The smallest absolute Gasteiger partial charge is 0.257 e. The van der Waals surface area contributed by atoms with Gasteiger partial charge in [0.1, 0.15) is 5.75 Å². The molecule has 0 saturated carbocycles. The van der Waals surface area contributed by atoms with Crippen LogP contribution < -0.4 is 15.4 Å². The Labute approximate surface area is 188 Å². The topological polar surface area (TPSA) is 59.6 Å². The normalized spacial score (nSPS) is 12.2. The van der Waals surface area contributed by atoms with Crippen molar-refractivity contribution >= 4 is 30.7 Å². The van der Waals surface area contributed by atoms with Gasteiger partial charge in [-0.3, -0.25) is 4.79 Å². The zero-order valence-corrected chi connectivity index (χ0v) is 18.7. The number of likely N-dealkylation sites (N-methyl/N-ethyl adjacent to an activating group) is 1. The van der Waals surface area contributed by atoms with Gasteiger partial charge in [0.25, 0.3) is 5.91 Å². The van der Waals surface area contributed by atoms with Crippen LogP contribution in [0.15, 0.2) is 42.5 Å². The van der Waals surface area contributed by atoms with Gasteiger partial charge in [-0.15, -0.1) is 24.8 Å². The number of carbonyl (C=O) groups is 1. The van der Waals surface area contributed by atoms with Gasteiger partial charge in [0.15, 0.2) is 18.2 Å². The second-order valence-corrected chi connectivity index (χ2v) is 6.49. The van der Waals surface area contributed by atoms with E-state index in [9.17, 15) is 13.6 Å². The van der Waals surface area contributed by atoms with Crippen LogP contribution >= 0.6 is 24.8 Å². The largest absolute Gasteiger partial charge is 0.484 e. The molecule has 1 amide bonds. The van der Waals surface area contributed by atoms with Crippen molar-refractivity contribution in [2.24, 2.45) is 0 Å². The molecule has 2 atom stereocenters. The number of methoxy groups -OCH3 is 1. The monoisotopic (exact) mass is 464 g/mol. The minimum absolute atomic E-state index is 0. The SMILES string of the molecule is CNC(=O)COc1ccc(CC(C)NCC(OC)c2cccc(F)c2F)cc1.Cl.Cl. The molecule has 0 aromatic heterocycles. The van der Waals surface area contributed by atoms with E-state index in [1.807, 2.05) is 31.2 Å². The fourth-order valence-corrected chi connectivity index (χ4v) is 2.77. The van der Waals surface area contributed by atoms with E-state index in [-0.39, 0.29) is 48.9 Å². The number of ether oxygens (including phenoxy) is 2. The number of rotatable bonds is 10. The molecule has 2 unspecified atom stereocenters. The third-order valence-electron chi connectivity index (χ3n) is 4.38. The highest BCUT2D eigenvalue weighted by Crippen LogP contribution is 2.21. The highest BCUT2D eigenvalue weighted by atomic mass is 35.5. The Morgan fingerprint density at radius 3 is 2.37 bits per heavy atom. The van der Waals surface area contributed by atoms with Crippen LogP contribution in [-0.4, -0.2) is 39.3 Å². The first-order chi connectivity index (χ1) is 13.4. The van der Waals surface area contributed by atoms with Gasteiger partial charge in [-0.1, -0.05) is 24.3 Å². The Balaban J connectivity index is 0.00000420. The first-order valence-electron chi connectivity index (χ1n) is 9.07. The summed E-state index contributed by atoms with van der Waals surface area (Å²) < 4.78 is 38.1. The van der Waals surface area contributed by atoms with E-state index >= 15 is 0 Å². The highest BCUT2D eigenvalue weighted by molar-refractivity contribution is 5.85. The zero-order chi connectivity index (χ0) is 20.5. The summed E-state index contributed by atoms with van der Waals surface area (Å²) in [5.41, 5.74) is 1.28. The molecule has 0 spiro atoms. The lowest BCUT2D eigenvalue weighted by atomic mass is 10.1. The first-order valence-corrected chi connectivity index (χ1v) is 9.07. The molecule has 9 heteroatoms. The van der Waals surface area contributed by atoms with Gasteiger partial charge in [0, 0.05) is 32.3 Å². The number of carbonyl (C=O) groups excluding carboxylic acids is 1. The van der Waals surface area contributed by atoms with Crippen LogP contribution in [0.5, 0.6) is 5.75 Å². The second kappa shape index (κ2) is 14.1. The van der Waals surface area contributed by atoms with Gasteiger partial charge in [0.2, 0.25) is 0 Å². The third kappa shape index (κ3) is 8.44. The lowest BCUT2D eigenvalue weighted by Gasteiger charge is -2.21. The molecule has 0 bridgehead atoms. The molecule has 0 aliphatic carbocycles. The number of halogens is 4. The lowest BCUT2D eigenvalue weighted by Crippen LogP contribution is -2.33. The highest BCUT2D eigenvalue weighted by Gasteiger charge is 2.18. The zero-order valence-electron chi connectivity index (χ0n) is 17.1. The average molecular weight is 465 g/mol. The van der Waals surface area contributed by atoms with Gasteiger partial charge in [-0.05, 0) is 37.1 Å². The van der Waals surface area contributed by atoms with Crippen molar-refractivity contribution in [3.8, 4) is 5.75 Å². The van der Waals surface area contributed by atoms with Crippen molar-refractivity contribution in [3.63, 3.8) is 0 Å². The molecule has 168 valence electrons. The van der Waals surface area contributed by atoms with E-state index < -0.39 is 17.7 Å². The van der Waals surface area contributed by atoms with Crippen molar-refractivity contribution < 1.29 is 23.0 Å². The summed E-state index contributed by atoms with van der Waals surface area (Å²) in [6, 6.07) is 11.6. The lowest BCUT2D eigenvalue weighted by molar-refractivity contribution is -0.122. The summed E-state index contributed by atoms with van der Waals surface area (Å²) in [6.45, 7) is 2.33. The number of amides is 1. The van der Waals surface area contributed by atoms with Crippen LogP contribution in [0.4, 0.5) is 8.78 Å². The Morgan fingerprint density at radius 1 is 1.10 bits per heavy atom. The number of hydrogen-bond acceptors (Lipinski definition) is 4. The maximum absolute atomic E-state index is 14.0. The summed E-state index contributed by atoms with van der Waals surface area (Å²) in [5, 5.41) is 5.78. The van der Waals surface area contributed by atoms with Crippen LogP contribution in [-0.2, 0) is 16.0 Å². The van der Waals surface area contributed by atoms with Gasteiger partial charge in [-0.2, -0.15) is 0 Å². The maximum Gasteiger partial charge on any atom is 0.257 e. The van der Waals surface area contributed by atoms with E-state index in [2.05, 4.69) is 10.6 Å². The minimum Gasteiger partial charge on any atom is -0.484 e. The van der Waals surface area contributed by atoms with E-state index in [4.69, 9.17) is 9.47 Å². The van der Waals surface area contributed by atoms with Crippen molar-refractivity contribution in [2.75, 3.05) is 27.3 Å². The van der Waals surface area contributed by atoms with E-state index in [0.717, 1.165) is 18.1 Å². The third-order valence-corrected chi connectivity index (χ3v) is 4.38. The Kier molecular flexibility index (Phi) is 13.2. The molecular formula is C21H28Cl2F2N2O3. The van der Waals surface area contributed by atoms with Gasteiger partial charge >= 0.3 is 0 Å². The van der Waals surface area contributed by atoms with E-state index in [1.165, 1.54) is 19.2 Å². The van der Waals surface area contributed by atoms with Crippen LogP contribution in [0.2, 0.25) is 0 Å². The summed E-state index contributed by atoms with van der Waals surface area (Å²) in [4.78, 5) is 11.2. The molecule has 0 aliphatic rings. The summed E-state index contributed by atoms with van der Waals surface area (Å²) >= 11 is 0. The molecule has 30 heavy (non-hydrogen) atoms. The minimum atomic E-state index is -0.883. The molecule has 2 N–H and O–H groups in total. The molecule has 0 radical (unpaired) electrons. The van der Waals surface area contributed by atoms with Gasteiger partial charge in [0.05, 0.1) is 6.10 Å². The summed E-state index contributed by atoms with van der Waals surface area (Å²) in [5.74, 6) is -1.33. The Bertz CT molecular complexity index is 779. The second-order valence-electron chi connectivity index (χ2n) is 6.49. The standard InChI is InChI=1S/C21H26F2N2O3.2ClH/c1-14(11-15-7-9-16(10-8-15)28-13-20(26)24-2)25-12-19(27-3)17-5-4-6-18(22)21(17)23;;/h4-10,14,19,25H,11-13H2,1-3H3,(H,24,26);2*1H. The molecule has 0 heterocycles. The maximum atomic E-state index is 14.0. The molecule has 2 rings (SSSR count). The summed E-state index contributed by atoms with van der Waals surface area (Å²) in [7, 11) is 3.03. The van der Waals surface area contributed by atoms with Crippen molar-refractivity contribution in [2.45, 2.75) is 25.5 Å². The van der Waals surface area contributed by atoms with Crippen LogP contribution in [0.3, 0.4) is 0 Å². The molecule has 0 saturated heterocycles. The van der Waals surface area contributed by atoms with Gasteiger partial charge in [-0.25, -0.2) is 8.78 Å². The predicted molar refractivity (Wildman–Crippen MR) is 118 cm³/mol. The first kappa shape index (κ1) is 28.1. The predicted octanol–water partition coefficient (Wildman–Crippen LogP) is 3.84. The summed E-state index contributed by atoms with van der Waals surface area (Å²) in [6.07, 6.45) is 0.149. The fourth-order valence-electron chi connectivity index (χ4n) is 2.77. The van der Waals surface area contributed by atoms with Crippen molar-refractivity contribution in [3.05, 3.63) is 65.2 Å². The van der Waals surface area contributed by atoms with Crippen molar-refractivity contribution in [1.82, 2.24) is 10.6 Å². The number of hydrogen-bond donors (Lipinski definition) is 2. The molecule has 5 nitrogen and oxygen atoms in total. The average Bonchev–Trinajstić information content (AvgIpc) is 2.70. The molecule has 0 fully saturated rings. The fraction of sp³-hybridized carbons (Fsp3) is 0.381. The van der Waals surface area contributed by atoms with Crippen LogP contribution in [0.25, 0.3) is 0 Å². The van der Waals surface area contributed by atoms with Crippen LogP contribution in [0, 0.1) is 11.6 Å². The molecular weight excluding hydrogens is 437 g/mol. The number of benzene rings is 2. The van der Waals surface area contributed by atoms with Gasteiger partial charge < -0.3 is 20.1 Å². The number of nitrogens with one attached hydrogen (secondary N) is 2. The van der Waals surface area contributed by atoms with E-state index in [1.54, 1.807) is 7.05 Å². The Hall–Kier alpha value is -1.93. The van der Waals surface area contributed by atoms with Crippen molar-refractivity contribution in [1.29, 1.82) is 0 Å². The molecule has 0 aliphatic heterocycles. The van der Waals surface area contributed by atoms with Crippen LogP contribution in [0.1, 0.15) is 24.2 Å². The quantitative estimate of drug-likeness (QED) is 0.560.